The second-order valence-corrected chi connectivity index (χ2v) is 8.00. The number of benzene rings is 1. The molecule has 146 valence electrons. The molecule has 0 aliphatic rings. The molecule has 0 bridgehead atoms. The summed E-state index contributed by atoms with van der Waals surface area (Å²) in [5.74, 6) is 1.31. The largest absolute Gasteiger partial charge is 0.495 e. The molecule has 0 spiro atoms. The number of aryl methyl sites for hydroxylation is 1. The first-order valence-electron chi connectivity index (χ1n) is 9.01. The van der Waals surface area contributed by atoms with Crippen molar-refractivity contribution in [2.24, 2.45) is 5.73 Å². The van der Waals surface area contributed by atoms with Crippen molar-refractivity contribution in [3.63, 3.8) is 0 Å². The molecule has 0 aliphatic heterocycles. The van der Waals surface area contributed by atoms with Crippen molar-refractivity contribution in [2.75, 3.05) is 19.5 Å². The van der Waals surface area contributed by atoms with Gasteiger partial charge in [0, 0.05) is 16.5 Å². The van der Waals surface area contributed by atoms with Crippen molar-refractivity contribution >= 4 is 32.8 Å². The quantitative estimate of drug-likeness (QED) is 0.517. The van der Waals surface area contributed by atoms with Crippen molar-refractivity contribution < 1.29 is 9.47 Å². The van der Waals surface area contributed by atoms with E-state index in [4.69, 9.17) is 20.9 Å². The first kappa shape index (κ1) is 18.7. The van der Waals surface area contributed by atoms with Crippen LogP contribution in [0.15, 0.2) is 30.6 Å². The molecule has 4 aromatic rings. The molecule has 0 amide bonds. The summed E-state index contributed by atoms with van der Waals surface area (Å²) in [6.07, 6.45) is 1.46. The lowest BCUT2D eigenvalue weighted by molar-refractivity contribution is 0.108. The van der Waals surface area contributed by atoms with Gasteiger partial charge in [-0.3, -0.25) is 0 Å². The summed E-state index contributed by atoms with van der Waals surface area (Å²) < 4.78 is 14.2. The highest BCUT2D eigenvalue weighted by atomic mass is 32.1. The first-order chi connectivity index (χ1) is 13.5. The number of rotatable bonds is 6. The van der Waals surface area contributed by atoms with Gasteiger partial charge < -0.3 is 20.9 Å². The van der Waals surface area contributed by atoms with E-state index in [1.54, 1.807) is 23.0 Å². The molecule has 4 rings (SSSR count). The zero-order valence-electron chi connectivity index (χ0n) is 16.1. The Bertz CT molecular complexity index is 1150. The number of anilines is 1. The van der Waals surface area contributed by atoms with Gasteiger partial charge in [0.05, 0.1) is 30.7 Å². The minimum absolute atomic E-state index is 0.0244. The number of nitrogens with two attached hydrogens (primary N) is 2. The SMILES string of the molecule is COc1cc(C)cc2cc(-c3cc(COC[C@H](C)N)n4ncnc(N)c34)sc12. The van der Waals surface area contributed by atoms with Crippen LogP contribution in [0.1, 0.15) is 18.2 Å². The van der Waals surface area contributed by atoms with E-state index in [2.05, 4.69) is 35.2 Å². The van der Waals surface area contributed by atoms with Gasteiger partial charge in [0.15, 0.2) is 5.82 Å². The third kappa shape index (κ3) is 3.30. The van der Waals surface area contributed by atoms with E-state index in [-0.39, 0.29) is 6.04 Å². The molecule has 0 fully saturated rings. The third-order valence-electron chi connectivity index (χ3n) is 4.50. The van der Waals surface area contributed by atoms with Crippen LogP contribution in [0.2, 0.25) is 0 Å². The smallest absolute Gasteiger partial charge is 0.152 e. The summed E-state index contributed by atoms with van der Waals surface area (Å²) >= 11 is 1.67. The first-order valence-corrected chi connectivity index (χ1v) is 9.82. The number of nitrogens with zero attached hydrogens (tertiary/aromatic N) is 3. The average molecular weight is 398 g/mol. The van der Waals surface area contributed by atoms with Gasteiger partial charge in [-0.2, -0.15) is 5.10 Å². The van der Waals surface area contributed by atoms with Crippen LogP contribution in [0, 0.1) is 6.92 Å². The van der Waals surface area contributed by atoms with Gasteiger partial charge in [-0.1, -0.05) is 6.07 Å². The molecular weight excluding hydrogens is 374 g/mol. The van der Waals surface area contributed by atoms with E-state index < -0.39 is 0 Å². The van der Waals surface area contributed by atoms with Gasteiger partial charge in [-0.25, -0.2) is 9.50 Å². The highest BCUT2D eigenvalue weighted by molar-refractivity contribution is 7.22. The second kappa shape index (κ2) is 7.38. The van der Waals surface area contributed by atoms with Crippen LogP contribution in [0.3, 0.4) is 0 Å². The van der Waals surface area contributed by atoms with Gasteiger partial charge in [0.1, 0.15) is 17.6 Å². The molecule has 3 heterocycles. The summed E-state index contributed by atoms with van der Waals surface area (Å²) in [6, 6.07) is 8.40. The van der Waals surface area contributed by atoms with Crippen LogP contribution in [0.4, 0.5) is 5.82 Å². The molecule has 7 nitrogen and oxygen atoms in total. The number of hydrogen-bond acceptors (Lipinski definition) is 7. The Morgan fingerprint density at radius 3 is 2.82 bits per heavy atom. The predicted octanol–water partition coefficient (Wildman–Crippen LogP) is 3.37. The highest BCUT2D eigenvalue weighted by Crippen LogP contribution is 2.42. The average Bonchev–Trinajstić information content (AvgIpc) is 3.23. The molecule has 1 atom stereocenters. The lowest BCUT2D eigenvalue weighted by atomic mass is 10.1. The summed E-state index contributed by atoms with van der Waals surface area (Å²) in [4.78, 5) is 5.26. The molecule has 4 N–H and O–H groups in total. The summed E-state index contributed by atoms with van der Waals surface area (Å²) in [7, 11) is 1.70. The number of ether oxygens (including phenoxy) is 2. The summed E-state index contributed by atoms with van der Waals surface area (Å²) in [5.41, 5.74) is 15.8. The number of hydrogen-bond donors (Lipinski definition) is 2. The number of aromatic nitrogens is 3. The van der Waals surface area contributed by atoms with Gasteiger partial charge >= 0.3 is 0 Å². The van der Waals surface area contributed by atoms with Crippen LogP contribution in [0.5, 0.6) is 5.75 Å². The third-order valence-corrected chi connectivity index (χ3v) is 5.70. The fourth-order valence-electron chi connectivity index (χ4n) is 3.32. The molecular formula is C20H23N5O2S. The number of thiophene rings is 1. The second-order valence-electron chi connectivity index (χ2n) is 6.94. The molecule has 1 aromatic carbocycles. The number of nitrogen functional groups attached to an aromatic ring is 1. The number of methoxy groups -OCH3 is 1. The van der Waals surface area contributed by atoms with E-state index in [1.165, 1.54) is 6.33 Å². The fourth-order valence-corrected chi connectivity index (χ4v) is 4.47. The Morgan fingerprint density at radius 2 is 2.07 bits per heavy atom. The Balaban J connectivity index is 1.85. The van der Waals surface area contributed by atoms with Crippen LogP contribution in [-0.4, -0.2) is 34.4 Å². The van der Waals surface area contributed by atoms with Gasteiger partial charge in [0.2, 0.25) is 0 Å². The van der Waals surface area contributed by atoms with Crippen molar-refractivity contribution in [2.45, 2.75) is 26.5 Å². The molecule has 0 radical (unpaired) electrons. The van der Waals surface area contributed by atoms with Gasteiger partial charge in [-0.05, 0) is 43.0 Å². The molecule has 0 saturated carbocycles. The zero-order chi connectivity index (χ0) is 19.8. The van der Waals surface area contributed by atoms with Gasteiger partial charge in [-0.15, -0.1) is 11.3 Å². The van der Waals surface area contributed by atoms with Crippen molar-refractivity contribution in [3.8, 4) is 16.2 Å². The van der Waals surface area contributed by atoms with Gasteiger partial charge in [0.25, 0.3) is 0 Å². The lowest BCUT2D eigenvalue weighted by Crippen LogP contribution is -2.21. The van der Waals surface area contributed by atoms with Crippen molar-refractivity contribution in [3.05, 3.63) is 41.9 Å². The Kier molecular flexibility index (Phi) is 4.92. The van der Waals surface area contributed by atoms with E-state index >= 15 is 0 Å². The maximum absolute atomic E-state index is 6.21. The molecule has 28 heavy (non-hydrogen) atoms. The lowest BCUT2D eigenvalue weighted by Gasteiger charge is -2.06. The minimum Gasteiger partial charge on any atom is -0.495 e. The maximum Gasteiger partial charge on any atom is 0.152 e. The minimum atomic E-state index is -0.0244. The molecule has 0 aliphatic carbocycles. The fraction of sp³-hybridized carbons (Fsp3) is 0.300. The maximum atomic E-state index is 6.21. The topological polar surface area (TPSA) is 101 Å². The van der Waals surface area contributed by atoms with Crippen LogP contribution in [-0.2, 0) is 11.3 Å². The monoisotopic (exact) mass is 397 g/mol. The van der Waals surface area contributed by atoms with Crippen LogP contribution < -0.4 is 16.2 Å². The Morgan fingerprint density at radius 1 is 1.25 bits per heavy atom. The number of fused-ring (bicyclic) bond motifs is 2. The normalized spacial score (nSPS) is 12.7. The molecule has 0 unspecified atom stereocenters. The van der Waals surface area contributed by atoms with E-state index in [9.17, 15) is 0 Å². The van der Waals surface area contributed by atoms with Crippen molar-refractivity contribution in [1.29, 1.82) is 0 Å². The predicted molar refractivity (Wildman–Crippen MR) is 113 cm³/mol. The van der Waals surface area contributed by atoms with E-state index in [0.717, 1.165) is 43.1 Å². The zero-order valence-corrected chi connectivity index (χ0v) is 16.9. The standard InChI is InChI=1S/C20H23N5O2S/c1-11-4-13-6-17(28-19(13)16(5-11)26-3)15-7-14(9-27-8-12(2)21)25-18(15)20(22)23-10-24-25/h4-7,10,12H,8-9,21H2,1-3H3,(H2,22,23,24)/t12-/m0/s1. The van der Waals surface area contributed by atoms with Crippen LogP contribution >= 0.6 is 11.3 Å². The highest BCUT2D eigenvalue weighted by Gasteiger charge is 2.18. The Labute approximate surface area is 166 Å². The molecule has 0 saturated heterocycles. The van der Waals surface area contributed by atoms with Crippen LogP contribution in [0.25, 0.3) is 26.0 Å². The van der Waals surface area contributed by atoms with Crippen molar-refractivity contribution in [1.82, 2.24) is 14.6 Å². The van der Waals surface area contributed by atoms with E-state index in [1.807, 2.05) is 13.0 Å². The Hall–Kier alpha value is -2.68. The molecule has 3 aromatic heterocycles. The van der Waals surface area contributed by atoms with E-state index in [0.29, 0.717) is 19.0 Å². The summed E-state index contributed by atoms with van der Waals surface area (Å²) in [5, 5.41) is 5.52. The molecule has 8 heteroatoms. The summed E-state index contributed by atoms with van der Waals surface area (Å²) in [6.45, 7) is 4.84.